The number of amides is 1. The van der Waals surface area contributed by atoms with Crippen molar-refractivity contribution in [2.75, 3.05) is 20.6 Å². The number of nitrogens with one attached hydrogen (secondary N) is 1. The zero-order valence-electron chi connectivity index (χ0n) is 16.9. The fraction of sp³-hybridized carbons (Fsp3) is 0.636. The molecule has 0 saturated heterocycles. The van der Waals surface area contributed by atoms with Crippen LogP contribution in [-0.2, 0) is 4.79 Å². The van der Waals surface area contributed by atoms with Gasteiger partial charge in [0.15, 0.2) is 5.78 Å². The topological polar surface area (TPSA) is 49.4 Å². The first kappa shape index (κ1) is 20.6. The van der Waals surface area contributed by atoms with Crippen molar-refractivity contribution in [1.29, 1.82) is 0 Å². The number of hydrogen-bond acceptors (Lipinski definition) is 3. The van der Waals surface area contributed by atoms with Crippen LogP contribution in [0.15, 0.2) is 18.2 Å². The maximum absolute atomic E-state index is 12.3. The van der Waals surface area contributed by atoms with Crippen LogP contribution in [0.25, 0.3) is 0 Å². The van der Waals surface area contributed by atoms with E-state index in [4.69, 9.17) is 0 Å². The number of hydrogen-bond donors (Lipinski definition) is 1. The Bertz CT molecular complexity index is 629. The number of benzene rings is 1. The molecule has 0 heterocycles. The molecule has 0 radical (unpaired) electrons. The summed E-state index contributed by atoms with van der Waals surface area (Å²) in [4.78, 5) is 26.9. The molecule has 2 rings (SSSR count). The number of nitrogens with zero attached hydrogens (tertiary/aromatic N) is 1. The van der Waals surface area contributed by atoms with E-state index in [2.05, 4.69) is 24.3 Å². The highest BCUT2D eigenvalue weighted by Gasteiger charge is 2.33. The van der Waals surface area contributed by atoms with Gasteiger partial charge in [0, 0.05) is 30.5 Å². The van der Waals surface area contributed by atoms with Crippen molar-refractivity contribution in [2.45, 2.75) is 70.8 Å². The second kappa shape index (κ2) is 9.31. The monoisotopic (exact) mass is 358 g/mol. The van der Waals surface area contributed by atoms with E-state index in [9.17, 15) is 9.59 Å². The molecule has 26 heavy (non-hydrogen) atoms. The minimum absolute atomic E-state index is 0.0207. The van der Waals surface area contributed by atoms with Crippen LogP contribution in [0, 0.1) is 13.8 Å². The number of aryl methyl sites for hydroxylation is 2. The summed E-state index contributed by atoms with van der Waals surface area (Å²) in [6.45, 7) is 4.72. The Morgan fingerprint density at radius 3 is 2.23 bits per heavy atom. The summed E-state index contributed by atoms with van der Waals surface area (Å²) >= 11 is 0. The second-order valence-corrected chi connectivity index (χ2v) is 8.03. The van der Waals surface area contributed by atoms with E-state index in [1.165, 1.54) is 31.2 Å². The molecule has 0 atom stereocenters. The molecule has 144 valence electrons. The molecule has 0 bridgehead atoms. The van der Waals surface area contributed by atoms with Gasteiger partial charge >= 0.3 is 0 Å². The van der Waals surface area contributed by atoms with E-state index in [1.54, 1.807) is 0 Å². The molecule has 1 aromatic carbocycles. The number of ketones is 1. The number of rotatable bonds is 7. The zero-order chi connectivity index (χ0) is 19.2. The Morgan fingerprint density at radius 1 is 1.00 bits per heavy atom. The van der Waals surface area contributed by atoms with Gasteiger partial charge < -0.3 is 10.2 Å². The van der Waals surface area contributed by atoms with E-state index >= 15 is 0 Å². The quantitative estimate of drug-likeness (QED) is 0.591. The third kappa shape index (κ3) is 5.41. The summed E-state index contributed by atoms with van der Waals surface area (Å²) < 4.78 is 0. The first-order valence-electron chi connectivity index (χ1n) is 9.89. The van der Waals surface area contributed by atoms with Gasteiger partial charge in [-0.3, -0.25) is 9.59 Å². The molecule has 4 nitrogen and oxygen atoms in total. The molecule has 1 amide bonds. The summed E-state index contributed by atoms with van der Waals surface area (Å²) in [5.74, 6) is 0.0210. The maximum atomic E-state index is 12.3. The maximum Gasteiger partial charge on any atom is 0.220 e. The predicted molar refractivity (Wildman–Crippen MR) is 107 cm³/mol. The summed E-state index contributed by atoms with van der Waals surface area (Å²) in [5.41, 5.74) is 3.05. The third-order valence-corrected chi connectivity index (χ3v) is 6.01. The molecule has 0 spiro atoms. The van der Waals surface area contributed by atoms with Gasteiger partial charge in [-0.25, -0.2) is 0 Å². The van der Waals surface area contributed by atoms with E-state index in [0.717, 1.165) is 18.4 Å². The van der Waals surface area contributed by atoms with Crippen molar-refractivity contribution in [3.63, 3.8) is 0 Å². The van der Waals surface area contributed by atoms with Crippen LogP contribution >= 0.6 is 0 Å². The summed E-state index contributed by atoms with van der Waals surface area (Å²) in [5, 5.41) is 3.10. The Balaban J connectivity index is 1.85. The van der Waals surface area contributed by atoms with Crippen LogP contribution in [0.5, 0.6) is 0 Å². The molecule has 1 aliphatic carbocycles. The Kier molecular flexibility index (Phi) is 7.39. The van der Waals surface area contributed by atoms with Crippen molar-refractivity contribution in [2.24, 2.45) is 0 Å². The average Bonchev–Trinajstić information content (AvgIpc) is 2.87. The van der Waals surface area contributed by atoms with Crippen molar-refractivity contribution >= 4 is 11.7 Å². The highest BCUT2D eigenvalue weighted by atomic mass is 16.2. The molecule has 0 aromatic heterocycles. The van der Waals surface area contributed by atoms with Crippen LogP contribution in [0.1, 0.15) is 72.9 Å². The lowest BCUT2D eigenvalue weighted by molar-refractivity contribution is -0.121. The number of carbonyl (C=O) groups excluding carboxylic acids is 2. The van der Waals surface area contributed by atoms with Gasteiger partial charge in [0.1, 0.15) is 0 Å². The van der Waals surface area contributed by atoms with Crippen LogP contribution in [0.4, 0.5) is 0 Å². The minimum atomic E-state index is -0.0207. The molecule has 1 N–H and O–H groups in total. The molecule has 1 aliphatic rings. The Hall–Kier alpha value is -1.68. The van der Waals surface area contributed by atoms with Crippen LogP contribution in [-0.4, -0.2) is 42.8 Å². The van der Waals surface area contributed by atoms with Crippen LogP contribution < -0.4 is 5.32 Å². The summed E-state index contributed by atoms with van der Waals surface area (Å²) in [6, 6.07) is 5.74. The number of likely N-dealkylation sites (N-methyl/N-ethyl adjacent to an activating group) is 1. The third-order valence-electron chi connectivity index (χ3n) is 6.01. The highest BCUT2D eigenvalue weighted by Crippen LogP contribution is 2.30. The Labute approximate surface area is 158 Å². The minimum Gasteiger partial charge on any atom is -0.354 e. The van der Waals surface area contributed by atoms with Crippen molar-refractivity contribution < 1.29 is 9.59 Å². The van der Waals surface area contributed by atoms with Gasteiger partial charge in [-0.1, -0.05) is 37.8 Å². The van der Waals surface area contributed by atoms with Gasteiger partial charge in [-0.15, -0.1) is 0 Å². The molecule has 0 unspecified atom stereocenters. The molecular formula is C22H34N2O2. The average molecular weight is 359 g/mol. The standard InChI is InChI=1S/C22H34N2O2/c1-17-9-10-19(15-18(17)2)20(25)11-12-21(26)23-16-22(24(3)4)13-7-5-6-8-14-22/h9-10,15H,5-8,11-14,16H2,1-4H3,(H,23,26). The van der Waals surface area contributed by atoms with Crippen LogP contribution in [0.2, 0.25) is 0 Å². The molecule has 1 aromatic rings. The largest absolute Gasteiger partial charge is 0.354 e. The normalized spacial score (nSPS) is 17.0. The van der Waals surface area contributed by atoms with E-state index in [-0.39, 0.29) is 30.1 Å². The molecule has 1 saturated carbocycles. The summed E-state index contributed by atoms with van der Waals surface area (Å²) in [7, 11) is 4.22. The first-order valence-corrected chi connectivity index (χ1v) is 9.89. The van der Waals surface area contributed by atoms with Crippen molar-refractivity contribution in [3.8, 4) is 0 Å². The molecule has 4 heteroatoms. The molecular weight excluding hydrogens is 324 g/mol. The zero-order valence-corrected chi connectivity index (χ0v) is 16.9. The molecule has 1 fully saturated rings. The smallest absolute Gasteiger partial charge is 0.220 e. The lowest BCUT2D eigenvalue weighted by Gasteiger charge is -2.39. The SMILES string of the molecule is Cc1ccc(C(=O)CCC(=O)NCC2(N(C)C)CCCCCC2)cc1C. The van der Waals surface area contributed by atoms with Crippen molar-refractivity contribution in [1.82, 2.24) is 10.2 Å². The van der Waals surface area contributed by atoms with Gasteiger partial charge in [0.05, 0.1) is 0 Å². The number of carbonyl (C=O) groups is 2. The van der Waals surface area contributed by atoms with Gasteiger partial charge in [-0.2, -0.15) is 0 Å². The van der Waals surface area contributed by atoms with Crippen LogP contribution in [0.3, 0.4) is 0 Å². The van der Waals surface area contributed by atoms with Gasteiger partial charge in [0.25, 0.3) is 0 Å². The first-order chi connectivity index (χ1) is 12.3. The lowest BCUT2D eigenvalue weighted by Crippen LogP contribution is -2.52. The summed E-state index contributed by atoms with van der Waals surface area (Å²) in [6.07, 6.45) is 7.79. The van der Waals surface area contributed by atoms with Crippen molar-refractivity contribution in [3.05, 3.63) is 34.9 Å². The second-order valence-electron chi connectivity index (χ2n) is 8.03. The molecule has 0 aliphatic heterocycles. The fourth-order valence-corrected chi connectivity index (χ4v) is 3.81. The van der Waals surface area contributed by atoms with E-state index < -0.39 is 0 Å². The Morgan fingerprint density at radius 2 is 1.65 bits per heavy atom. The van der Waals surface area contributed by atoms with Gasteiger partial charge in [-0.05, 0) is 58.0 Å². The van der Waals surface area contributed by atoms with E-state index in [1.807, 2.05) is 32.0 Å². The van der Waals surface area contributed by atoms with E-state index in [0.29, 0.717) is 12.1 Å². The number of Topliss-reactive ketones (excluding diaryl/α,β-unsaturated/α-hetero) is 1. The fourth-order valence-electron chi connectivity index (χ4n) is 3.81. The predicted octanol–water partition coefficient (Wildman–Crippen LogP) is 4.04. The van der Waals surface area contributed by atoms with Gasteiger partial charge in [0.2, 0.25) is 5.91 Å². The highest BCUT2D eigenvalue weighted by molar-refractivity contribution is 5.98. The lowest BCUT2D eigenvalue weighted by atomic mass is 9.88.